The van der Waals surface area contributed by atoms with Crippen LogP contribution < -0.4 is 15.8 Å². The molecule has 3 rings (SSSR count). The second-order valence-electron chi connectivity index (χ2n) is 5.75. The Balaban J connectivity index is 1.57. The van der Waals surface area contributed by atoms with Crippen LogP contribution in [0.25, 0.3) is 0 Å². The number of urea groups is 1. The molecule has 7 heteroatoms. The smallest absolute Gasteiger partial charge is 0.322 e. The molecule has 0 bridgehead atoms. The Bertz CT molecular complexity index is 780. The van der Waals surface area contributed by atoms with Crippen LogP contribution in [0.15, 0.2) is 47.4 Å². The Kier molecular flexibility index (Phi) is 4.50. The Morgan fingerprint density at radius 2 is 1.71 bits per heavy atom. The van der Waals surface area contributed by atoms with Crippen molar-refractivity contribution in [2.45, 2.75) is 0 Å². The van der Waals surface area contributed by atoms with E-state index in [0.717, 1.165) is 5.69 Å². The summed E-state index contributed by atoms with van der Waals surface area (Å²) in [5.41, 5.74) is 1.42. The Hall–Kier alpha value is -2.83. The maximum Gasteiger partial charge on any atom is 0.322 e. The minimum Gasteiger partial charge on any atom is -0.368 e. The van der Waals surface area contributed by atoms with Gasteiger partial charge in [0.1, 0.15) is 5.82 Å². The number of anilines is 2. The Morgan fingerprint density at radius 3 is 2.33 bits per heavy atom. The number of carbonyl (C=O) groups is 1. The molecule has 0 radical (unpaired) electrons. The lowest BCUT2D eigenvalue weighted by atomic mass is 10.2. The molecule has 1 aliphatic rings. The predicted molar refractivity (Wildman–Crippen MR) is 90.9 cm³/mol. The lowest BCUT2D eigenvalue weighted by molar-refractivity contribution is 0.208. The third kappa shape index (κ3) is 3.56. The normalized spacial score (nSPS) is 14.6. The number of piperazine rings is 1. The largest absolute Gasteiger partial charge is 0.368 e. The molecule has 1 saturated heterocycles. The number of nitrogens with one attached hydrogen (secondary N) is 1. The van der Waals surface area contributed by atoms with Crippen LogP contribution in [0.5, 0.6) is 0 Å². The molecule has 2 heterocycles. The van der Waals surface area contributed by atoms with E-state index in [1.807, 2.05) is 0 Å². The molecule has 24 heavy (non-hydrogen) atoms. The van der Waals surface area contributed by atoms with Gasteiger partial charge in [-0.15, -0.1) is 0 Å². The average molecular weight is 330 g/mol. The number of aromatic nitrogens is 1. The van der Waals surface area contributed by atoms with Crippen molar-refractivity contribution in [3.8, 4) is 0 Å². The number of nitrogens with zero attached hydrogens (tertiary/aromatic N) is 3. The first-order chi connectivity index (χ1) is 11.5. The standard InChI is InChI=1S/C17H19FN4O2/c1-20-12-14(4-7-16(20)23)19-17(24)22-10-8-21(9-11-22)15-5-2-13(18)3-6-15/h2-7,12H,8-11H2,1H3,(H,19,24). The van der Waals surface area contributed by atoms with Gasteiger partial charge in [0.2, 0.25) is 5.56 Å². The SMILES string of the molecule is Cn1cc(NC(=O)N2CCN(c3ccc(F)cc3)CC2)ccc1=O. The predicted octanol–water partition coefficient (Wildman–Crippen LogP) is 1.88. The van der Waals surface area contributed by atoms with Gasteiger partial charge in [-0.1, -0.05) is 0 Å². The number of halogens is 1. The summed E-state index contributed by atoms with van der Waals surface area (Å²) >= 11 is 0. The highest BCUT2D eigenvalue weighted by molar-refractivity contribution is 5.89. The number of amides is 2. The molecule has 6 nitrogen and oxygen atoms in total. The van der Waals surface area contributed by atoms with Gasteiger partial charge in [0, 0.05) is 51.2 Å². The Labute approximate surface area is 139 Å². The van der Waals surface area contributed by atoms with Crippen molar-refractivity contribution in [2.75, 3.05) is 36.4 Å². The zero-order valence-corrected chi connectivity index (χ0v) is 13.4. The van der Waals surface area contributed by atoms with Gasteiger partial charge in [0.25, 0.3) is 0 Å². The average Bonchev–Trinajstić information content (AvgIpc) is 2.59. The number of hydrogen-bond donors (Lipinski definition) is 1. The maximum atomic E-state index is 13.0. The van der Waals surface area contributed by atoms with E-state index < -0.39 is 0 Å². The van der Waals surface area contributed by atoms with E-state index in [2.05, 4.69) is 10.2 Å². The van der Waals surface area contributed by atoms with Gasteiger partial charge in [-0.3, -0.25) is 4.79 Å². The number of hydrogen-bond acceptors (Lipinski definition) is 3. The van der Waals surface area contributed by atoms with Crippen LogP contribution in [0.3, 0.4) is 0 Å². The van der Waals surface area contributed by atoms with Crippen molar-refractivity contribution < 1.29 is 9.18 Å². The lowest BCUT2D eigenvalue weighted by Crippen LogP contribution is -2.50. The molecule has 1 N–H and O–H groups in total. The van der Waals surface area contributed by atoms with Gasteiger partial charge < -0.3 is 19.7 Å². The summed E-state index contributed by atoms with van der Waals surface area (Å²) < 4.78 is 14.4. The van der Waals surface area contributed by atoms with E-state index in [4.69, 9.17) is 0 Å². The van der Waals surface area contributed by atoms with Gasteiger partial charge in [0.15, 0.2) is 0 Å². The van der Waals surface area contributed by atoms with E-state index in [9.17, 15) is 14.0 Å². The summed E-state index contributed by atoms with van der Waals surface area (Å²) in [5, 5.41) is 2.80. The van der Waals surface area contributed by atoms with Crippen LogP contribution in [-0.2, 0) is 7.05 Å². The van der Waals surface area contributed by atoms with Crippen molar-refractivity contribution in [2.24, 2.45) is 7.05 Å². The third-order valence-corrected chi connectivity index (χ3v) is 4.10. The van der Waals surface area contributed by atoms with Crippen molar-refractivity contribution >= 4 is 17.4 Å². The van der Waals surface area contributed by atoms with Gasteiger partial charge in [0.05, 0.1) is 5.69 Å². The molecular weight excluding hydrogens is 311 g/mol. The van der Waals surface area contributed by atoms with E-state index in [1.54, 1.807) is 36.3 Å². The van der Waals surface area contributed by atoms with E-state index in [-0.39, 0.29) is 17.4 Å². The molecule has 0 atom stereocenters. The zero-order valence-electron chi connectivity index (χ0n) is 13.4. The quantitative estimate of drug-likeness (QED) is 0.915. The number of rotatable bonds is 2. The van der Waals surface area contributed by atoms with Gasteiger partial charge >= 0.3 is 6.03 Å². The number of benzene rings is 1. The fourth-order valence-electron chi connectivity index (χ4n) is 2.69. The van der Waals surface area contributed by atoms with Crippen molar-refractivity contribution in [3.63, 3.8) is 0 Å². The molecule has 126 valence electrons. The van der Waals surface area contributed by atoms with E-state index in [1.165, 1.54) is 22.8 Å². The molecule has 1 aromatic carbocycles. The summed E-state index contributed by atoms with van der Waals surface area (Å²) in [5.74, 6) is -0.256. The van der Waals surface area contributed by atoms with Gasteiger partial charge in [-0.25, -0.2) is 9.18 Å². The molecular formula is C17H19FN4O2. The van der Waals surface area contributed by atoms with Gasteiger partial charge in [-0.05, 0) is 30.3 Å². The highest BCUT2D eigenvalue weighted by atomic mass is 19.1. The van der Waals surface area contributed by atoms with Crippen LogP contribution in [0.4, 0.5) is 20.6 Å². The summed E-state index contributed by atoms with van der Waals surface area (Å²) in [6.07, 6.45) is 1.59. The monoisotopic (exact) mass is 330 g/mol. The maximum absolute atomic E-state index is 13.0. The lowest BCUT2D eigenvalue weighted by Gasteiger charge is -2.36. The van der Waals surface area contributed by atoms with Gasteiger partial charge in [-0.2, -0.15) is 0 Å². The first kappa shape index (κ1) is 16.0. The summed E-state index contributed by atoms with van der Waals surface area (Å²) in [6, 6.07) is 9.19. The zero-order chi connectivity index (χ0) is 17.1. The molecule has 1 fully saturated rings. The van der Waals surface area contributed by atoms with Crippen LogP contribution in [0, 0.1) is 5.82 Å². The molecule has 2 amide bonds. The molecule has 0 saturated carbocycles. The van der Waals surface area contributed by atoms with E-state index >= 15 is 0 Å². The van der Waals surface area contributed by atoms with Crippen LogP contribution in [0.1, 0.15) is 0 Å². The summed E-state index contributed by atoms with van der Waals surface area (Å²) in [4.78, 5) is 27.5. The van der Waals surface area contributed by atoms with Crippen molar-refractivity contribution in [3.05, 3.63) is 58.8 Å². The Morgan fingerprint density at radius 1 is 1.04 bits per heavy atom. The fraction of sp³-hybridized carbons (Fsp3) is 0.294. The molecule has 1 aromatic heterocycles. The second-order valence-corrected chi connectivity index (χ2v) is 5.75. The minimum absolute atomic E-state index is 0.124. The highest BCUT2D eigenvalue weighted by Gasteiger charge is 2.21. The molecule has 2 aromatic rings. The first-order valence-corrected chi connectivity index (χ1v) is 7.76. The number of pyridine rings is 1. The molecule has 0 aliphatic carbocycles. The highest BCUT2D eigenvalue weighted by Crippen LogP contribution is 2.17. The fourth-order valence-corrected chi connectivity index (χ4v) is 2.69. The molecule has 0 spiro atoms. The minimum atomic E-state index is -0.256. The van der Waals surface area contributed by atoms with Crippen LogP contribution >= 0.6 is 0 Å². The number of aryl methyl sites for hydroxylation is 1. The van der Waals surface area contributed by atoms with E-state index in [0.29, 0.717) is 31.9 Å². The van der Waals surface area contributed by atoms with Crippen LogP contribution in [-0.4, -0.2) is 41.7 Å². The topological polar surface area (TPSA) is 57.6 Å². The third-order valence-electron chi connectivity index (χ3n) is 4.10. The molecule has 1 aliphatic heterocycles. The first-order valence-electron chi connectivity index (χ1n) is 7.76. The number of carbonyl (C=O) groups excluding carboxylic acids is 1. The molecule has 0 unspecified atom stereocenters. The van der Waals surface area contributed by atoms with Crippen LogP contribution in [0.2, 0.25) is 0 Å². The van der Waals surface area contributed by atoms with Crippen molar-refractivity contribution in [1.82, 2.24) is 9.47 Å². The summed E-state index contributed by atoms with van der Waals surface area (Å²) in [6.45, 7) is 2.53. The second kappa shape index (κ2) is 6.74. The summed E-state index contributed by atoms with van der Waals surface area (Å²) in [7, 11) is 1.64. The van der Waals surface area contributed by atoms with Crippen molar-refractivity contribution in [1.29, 1.82) is 0 Å².